The number of hydrogen-bond donors (Lipinski definition) is 1. The summed E-state index contributed by atoms with van der Waals surface area (Å²) < 4.78 is 2.36. The summed E-state index contributed by atoms with van der Waals surface area (Å²) >= 11 is 3.36. The van der Waals surface area contributed by atoms with Crippen molar-refractivity contribution in [3.8, 4) is 5.82 Å². The fourth-order valence-electron chi connectivity index (χ4n) is 1.21. The molecule has 0 spiro atoms. The van der Waals surface area contributed by atoms with Crippen LogP contribution in [0, 0.1) is 13.8 Å². The van der Waals surface area contributed by atoms with E-state index in [4.69, 9.17) is 5.73 Å². The molecule has 0 unspecified atom stereocenters. The molecular weight excluding hydrogens is 258 g/mol. The molecule has 78 valence electrons. The average molecular weight is 268 g/mol. The van der Waals surface area contributed by atoms with Crippen LogP contribution in [0.4, 0.5) is 5.82 Å². The van der Waals surface area contributed by atoms with Crippen molar-refractivity contribution in [3.05, 3.63) is 28.0 Å². The number of nitrogens with zero attached hydrogens (tertiary/aromatic N) is 4. The molecule has 2 aromatic rings. The zero-order valence-corrected chi connectivity index (χ0v) is 9.98. The Kier molecular flexibility index (Phi) is 2.44. The highest BCUT2D eigenvalue weighted by Gasteiger charge is 2.11. The second kappa shape index (κ2) is 3.62. The van der Waals surface area contributed by atoms with Crippen molar-refractivity contribution in [3.63, 3.8) is 0 Å². The summed E-state index contributed by atoms with van der Waals surface area (Å²) in [6.45, 7) is 3.75. The van der Waals surface area contributed by atoms with E-state index in [1.807, 2.05) is 26.0 Å². The Morgan fingerprint density at radius 1 is 1.27 bits per heavy atom. The molecule has 2 heterocycles. The van der Waals surface area contributed by atoms with Gasteiger partial charge in [-0.05, 0) is 41.9 Å². The van der Waals surface area contributed by atoms with E-state index in [0.29, 0.717) is 11.6 Å². The predicted octanol–water partition coefficient (Wildman–Crippen LogP) is 1.62. The van der Waals surface area contributed by atoms with Crippen LogP contribution in [0.3, 0.4) is 0 Å². The van der Waals surface area contributed by atoms with Crippen molar-refractivity contribution in [2.75, 3.05) is 5.73 Å². The van der Waals surface area contributed by atoms with Crippen LogP contribution in [0.1, 0.15) is 11.4 Å². The molecule has 0 aliphatic rings. The third kappa shape index (κ3) is 1.72. The first-order chi connectivity index (χ1) is 7.09. The zero-order chi connectivity index (χ0) is 11.0. The molecule has 15 heavy (non-hydrogen) atoms. The highest BCUT2D eigenvalue weighted by atomic mass is 79.9. The maximum absolute atomic E-state index is 5.86. The van der Waals surface area contributed by atoms with Gasteiger partial charge in [-0.2, -0.15) is 14.9 Å². The molecular formula is C9H10BrN5. The number of anilines is 1. The quantitative estimate of drug-likeness (QED) is 0.853. The summed E-state index contributed by atoms with van der Waals surface area (Å²) in [4.78, 5) is 0. The number of halogens is 1. The average Bonchev–Trinajstić information content (AvgIpc) is 2.47. The minimum Gasteiger partial charge on any atom is -0.383 e. The van der Waals surface area contributed by atoms with Gasteiger partial charge in [0.15, 0.2) is 5.82 Å². The molecule has 0 saturated heterocycles. The minimum atomic E-state index is 0.533. The normalized spacial score (nSPS) is 10.6. The van der Waals surface area contributed by atoms with Gasteiger partial charge in [-0.25, -0.2) is 0 Å². The predicted molar refractivity (Wildman–Crippen MR) is 60.7 cm³/mol. The fourth-order valence-corrected chi connectivity index (χ4v) is 1.45. The van der Waals surface area contributed by atoms with Gasteiger partial charge in [0.2, 0.25) is 0 Å². The zero-order valence-electron chi connectivity index (χ0n) is 8.40. The Balaban J connectivity index is 2.54. The molecule has 0 fully saturated rings. The summed E-state index contributed by atoms with van der Waals surface area (Å²) in [5, 5.41) is 12.2. The van der Waals surface area contributed by atoms with Gasteiger partial charge in [0, 0.05) is 0 Å². The van der Waals surface area contributed by atoms with Crippen molar-refractivity contribution >= 4 is 21.7 Å². The van der Waals surface area contributed by atoms with E-state index in [1.165, 1.54) is 0 Å². The Morgan fingerprint density at radius 2 is 2.00 bits per heavy atom. The fraction of sp³-hybridized carbons (Fsp3) is 0.222. The van der Waals surface area contributed by atoms with E-state index in [9.17, 15) is 0 Å². The molecule has 0 amide bonds. The van der Waals surface area contributed by atoms with Crippen LogP contribution in [-0.2, 0) is 0 Å². The number of nitrogens with two attached hydrogens (primary N) is 1. The lowest BCUT2D eigenvalue weighted by Gasteiger charge is -2.01. The number of rotatable bonds is 1. The molecule has 0 saturated carbocycles. The van der Waals surface area contributed by atoms with E-state index >= 15 is 0 Å². The van der Waals surface area contributed by atoms with Crippen LogP contribution in [0.2, 0.25) is 0 Å². The number of aromatic nitrogens is 4. The summed E-state index contributed by atoms with van der Waals surface area (Å²) in [6.07, 6.45) is 0. The lowest BCUT2D eigenvalue weighted by atomic mass is 10.4. The maximum Gasteiger partial charge on any atom is 0.178 e. The second-order valence-corrected chi connectivity index (χ2v) is 4.02. The van der Waals surface area contributed by atoms with Crippen LogP contribution in [0.5, 0.6) is 0 Å². The molecule has 0 aliphatic carbocycles. The van der Waals surface area contributed by atoms with E-state index in [1.54, 1.807) is 4.68 Å². The van der Waals surface area contributed by atoms with Gasteiger partial charge < -0.3 is 5.73 Å². The molecule has 2 rings (SSSR count). The molecule has 2 aromatic heterocycles. The Labute approximate surface area is 95.4 Å². The number of hydrogen-bond acceptors (Lipinski definition) is 4. The molecule has 0 atom stereocenters. The highest BCUT2D eigenvalue weighted by molar-refractivity contribution is 9.10. The molecule has 0 bridgehead atoms. The largest absolute Gasteiger partial charge is 0.383 e. The lowest BCUT2D eigenvalue weighted by molar-refractivity contribution is 0.804. The lowest BCUT2D eigenvalue weighted by Crippen LogP contribution is -2.05. The Hall–Kier alpha value is -1.43. The first-order valence-electron chi connectivity index (χ1n) is 4.41. The third-order valence-electron chi connectivity index (χ3n) is 2.02. The second-order valence-electron chi connectivity index (χ2n) is 3.23. The van der Waals surface area contributed by atoms with Crippen LogP contribution in [-0.4, -0.2) is 20.0 Å². The molecule has 6 heteroatoms. The van der Waals surface area contributed by atoms with Crippen LogP contribution >= 0.6 is 15.9 Å². The standard InChI is InChI=1S/C9H10BrN5/c1-5-3-4-7(13-12-5)15-9(11)8(10)6(2)14-15/h3-4H,11H2,1-2H3. The van der Waals surface area contributed by atoms with Gasteiger partial charge in [-0.3, -0.25) is 0 Å². The van der Waals surface area contributed by atoms with E-state index in [0.717, 1.165) is 15.9 Å². The van der Waals surface area contributed by atoms with Gasteiger partial charge >= 0.3 is 0 Å². The summed E-state index contributed by atoms with van der Waals surface area (Å²) in [6, 6.07) is 3.70. The van der Waals surface area contributed by atoms with Gasteiger partial charge in [0.1, 0.15) is 5.82 Å². The van der Waals surface area contributed by atoms with Gasteiger partial charge in [0.25, 0.3) is 0 Å². The van der Waals surface area contributed by atoms with Crippen molar-refractivity contribution < 1.29 is 0 Å². The number of nitrogen functional groups attached to an aromatic ring is 1. The SMILES string of the molecule is Cc1ccc(-n2nc(C)c(Br)c2N)nn1. The van der Waals surface area contributed by atoms with E-state index < -0.39 is 0 Å². The topological polar surface area (TPSA) is 69.6 Å². The summed E-state index contributed by atoms with van der Waals surface area (Å²) in [5.41, 5.74) is 7.55. The van der Waals surface area contributed by atoms with Crippen LogP contribution in [0.25, 0.3) is 5.82 Å². The number of aryl methyl sites for hydroxylation is 2. The summed E-state index contributed by atoms with van der Waals surface area (Å²) in [7, 11) is 0. The first kappa shape index (κ1) is 10.1. The van der Waals surface area contributed by atoms with E-state index in [-0.39, 0.29) is 0 Å². The Morgan fingerprint density at radius 3 is 2.47 bits per heavy atom. The van der Waals surface area contributed by atoms with E-state index in [2.05, 4.69) is 31.2 Å². The smallest absolute Gasteiger partial charge is 0.178 e. The van der Waals surface area contributed by atoms with Gasteiger partial charge in [-0.15, -0.1) is 5.10 Å². The third-order valence-corrected chi connectivity index (χ3v) is 3.00. The van der Waals surface area contributed by atoms with Gasteiger partial charge in [-0.1, -0.05) is 0 Å². The molecule has 0 aromatic carbocycles. The monoisotopic (exact) mass is 267 g/mol. The summed E-state index contributed by atoms with van der Waals surface area (Å²) in [5.74, 6) is 1.15. The van der Waals surface area contributed by atoms with Crippen LogP contribution < -0.4 is 5.73 Å². The molecule has 2 N–H and O–H groups in total. The maximum atomic E-state index is 5.86. The molecule has 0 radical (unpaired) electrons. The van der Waals surface area contributed by atoms with Crippen molar-refractivity contribution in [1.29, 1.82) is 0 Å². The van der Waals surface area contributed by atoms with Crippen molar-refractivity contribution in [2.24, 2.45) is 0 Å². The highest BCUT2D eigenvalue weighted by Crippen LogP contribution is 2.24. The Bertz CT molecular complexity index is 488. The molecule has 5 nitrogen and oxygen atoms in total. The van der Waals surface area contributed by atoms with Crippen molar-refractivity contribution in [1.82, 2.24) is 20.0 Å². The minimum absolute atomic E-state index is 0.533. The van der Waals surface area contributed by atoms with Crippen LogP contribution in [0.15, 0.2) is 16.6 Å². The van der Waals surface area contributed by atoms with Crippen molar-refractivity contribution in [2.45, 2.75) is 13.8 Å². The van der Waals surface area contributed by atoms with Gasteiger partial charge in [0.05, 0.1) is 15.9 Å². The molecule has 0 aliphatic heterocycles. The first-order valence-corrected chi connectivity index (χ1v) is 5.20.